The van der Waals surface area contributed by atoms with E-state index in [0.717, 1.165) is 21.6 Å². The van der Waals surface area contributed by atoms with Gasteiger partial charge in [0.15, 0.2) is 0 Å². The molecule has 2 unspecified atom stereocenters. The molecule has 2 aromatic carbocycles. The summed E-state index contributed by atoms with van der Waals surface area (Å²) in [6.07, 6.45) is 1.20. The van der Waals surface area contributed by atoms with E-state index in [0.29, 0.717) is 24.3 Å². The molecular weight excluding hydrogens is 398 g/mol. The van der Waals surface area contributed by atoms with Crippen molar-refractivity contribution in [3.63, 3.8) is 0 Å². The summed E-state index contributed by atoms with van der Waals surface area (Å²) in [5.41, 5.74) is 1.51. The van der Waals surface area contributed by atoms with E-state index in [-0.39, 0.29) is 12.5 Å². The molecule has 0 bridgehead atoms. The molecule has 8 nitrogen and oxygen atoms in total. The predicted molar refractivity (Wildman–Crippen MR) is 113 cm³/mol. The van der Waals surface area contributed by atoms with Crippen molar-refractivity contribution in [1.82, 2.24) is 15.5 Å². The van der Waals surface area contributed by atoms with Crippen LogP contribution in [0.4, 0.5) is 4.79 Å². The third kappa shape index (κ3) is 3.48. The van der Waals surface area contributed by atoms with Gasteiger partial charge in [0.05, 0.1) is 20.3 Å². The Bertz CT molecular complexity index is 1050. The highest BCUT2D eigenvalue weighted by molar-refractivity contribution is 6.09. The first-order valence-electron chi connectivity index (χ1n) is 10.1. The van der Waals surface area contributed by atoms with Crippen molar-refractivity contribution < 1.29 is 23.9 Å². The number of ether oxygens (including phenoxy) is 2. The standard InChI is InChI=1S/C23H25N3O5/c1-14(17-12-16(30-2)8-9-19(17)31-3)24-20(27)13-26-21(28)23(25-22(26)29)11-10-15-6-4-5-7-18(15)23/h4-9,12,14H,10-11,13H2,1-3H3,(H,24,27)(H,25,29). The zero-order chi connectivity index (χ0) is 22.2. The van der Waals surface area contributed by atoms with Gasteiger partial charge in [-0.1, -0.05) is 24.3 Å². The molecule has 162 valence electrons. The van der Waals surface area contributed by atoms with Gasteiger partial charge in [0.2, 0.25) is 5.91 Å². The molecule has 1 aliphatic heterocycles. The molecule has 8 heteroatoms. The quantitative estimate of drug-likeness (QED) is 0.695. The lowest BCUT2D eigenvalue weighted by molar-refractivity contribution is -0.135. The molecule has 2 aliphatic rings. The van der Waals surface area contributed by atoms with Gasteiger partial charge in [0.1, 0.15) is 23.6 Å². The van der Waals surface area contributed by atoms with Gasteiger partial charge in [0, 0.05) is 5.56 Å². The van der Waals surface area contributed by atoms with Gasteiger partial charge in [-0.3, -0.25) is 14.5 Å². The molecule has 0 saturated carbocycles. The van der Waals surface area contributed by atoms with Gasteiger partial charge < -0.3 is 20.1 Å². The van der Waals surface area contributed by atoms with Crippen LogP contribution in [-0.4, -0.2) is 43.5 Å². The highest BCUT2D eigenvalue weighted by atomic mass is 16.5. The average molecular weight is 423 g/mol. The van der Waals surface area contributed by atoms with Crippen LogP contribution in [0.25, 0.3) is 0 Å². The van der Waals surface area contributed by atoms with Crippen molar-refractivity contribution >= 4 is 17.8 Å². The SMILES string of the molecule is COc1ccc(OC)c(C(C)NC(=O)CN2C(=O)NC3(CCc4ccccc43)C2=O)c1. The zero-order valence-corrected chi connectivity index (χ0v) is 17.7. The number of nitrogens with zero attached hydrogens (tertiary/aromatic N) is 1. The number of methoxy groups -OCH3 is 2. The van der Waals surface area contributed by atoms with Crippen molar-refractivity contribution in [2.24, 2.45) is 0 Å². The maximum Gasteiger partial charge on any atom is 0.325 e. The first kappa shape index (κ1) is 20.7. The summed E-state index contributed by atoms with van der Waals surface area (Å²) >= 11 is 0. The fraction of sp³-hybridized carbons (Fsp3) is 0.348. The van der Waals surface area contributed by atoms with Gasteiger partial charge in [-0.2, -0.15) is 0 Å². The van der Waals surface area contributed by atoms with Crippen LogP contribution < -0.4 is 20.1 Å². The smallest absolute Gasteiger partial charge is 0.325 e. The van der Waals surface area contributed by atoms with E-state index in [4.69, 9.17) is 9.47 Å². The van der Waals surface area contributed by atoms with Crippen LogP contribution in [0.5, 0.6) is 11.5 Å². The van der Waals surface area contributed by atoms with Crippen LogP contribution in [0.2, 0.25) is 0 Å². The second-order valence-corrected chi connectivity index (χ2v) is 7.78. The minimum Gasteiger partial charge on any atom is -0.497 e. The maximum absolute atomic E-state index is 13.2. The summed E-state index contributed by atoms with van der Waals surface area (Å²) in [5.74, 6) is 0.409. The van der Waals surface area contributed by atoms with Crippen molar-refractivity contribution in [2.75, 3.05) is 20.8 Å². The van der Waals surface area contributed by atoms with Gasteiger partial charge in [0.25, 0.3) is 5.91 Å². The molecule has 0 aromatic heterocycles. The second kappa shape index (κ2) is 7.94. The molecule has 31 heavy (non-hydrogen) atoms. The van der Waals surface area contributed by atoms with E-state index in [1.54, 1.807) is 39.3 Å². The number of hydrogen-bond acceptors (Lipinski definition) is 5. The predicted octanol–water partition coefficient (Wildman–Crippen LogP) is 2.27. The van der Waals surface area contributed by atoms with E-state index in [2.05, 4.69) is 10.6 Å². The molecule has 2 aromatic rings. The number of carbonyl (C=O) groups is 3. The number of imide groups is 1. The first-order chi connectivity index (χ1) is 14.9. The first-order valence-corrected chi connectivity index (χ1v) is 10.1. The van der Waals surface area contributed by atoms with Gasteiger partial charge in [-0.25, -0.2) is 4.79 Å². The fourth-order valence-electron chi connectivity index (χ4n) is 4.42. The van der Waals surface area contributed by atoms with E-state index in [9.17, 15) is 14.4 Å². The van der Waals surface area contributed by atoms with Crippen LogP contribution in [0.3, 0.4) is 0 Å². The lowest BCUT2D eigenvalue weighted by Crippen LogP contribution is -2.44. The van der Waals surface area contributed by atoms with Crippen LogP contribution in [0, 0.1) is 0 Å². The van der Waals surface area contributed by atoms with E-state index < -0.39 is 23.5 Å². The number of aryl methyl sites for hydroxylation is 1. The Kier molecular flexibility index (Phi) is 5.31. The molecular formula is C23H25N3O5. The zero-order valence-electron chi connectivity index (χ0n) is 17.7. The topological polar surface area (TPSA) is 97.0 Å². The summed E-state index contributed by atoms with van der Waals surface area (Å²) in [5, 5.41) is 5.67. The largest absolute Gasteiger partial charge is 0.497 e. The normalized spacial score (nSPS) is 20.4. The van der Waals surface area contributed by atoms with Crippen LogP contribution in [-0.2, 0) is 21.5 Å². The monoisotopic (exact) mass is 423 g/mol. The highest BCUT2D eigenvalue weighted by Crippen LogP contribution is 2.41. The van der Waals surface area contributed by atoms with Crippen LogP contribution >= 0.6 is 0 Å². The van der Waals surface area contributed by atoms with Gasteiger partial charge in [-0.05, 0) is 49.1 Å². The highest BCUT2D eigenvalue weighted by Gasteiger charge is 2.55. The third-order valence-corrected chi connectivity index (χ3v) is 6.00. The molecule has 2 N–H and O–H groups in total. The van der Waals surface area contributed by atoms with E-state index in [1.165, 1.54) is 0 Å². The molecule has 1 spiro atoms. The number of amides is 4. The molecule has 1 fully saturated rings. The minimum atomic E-state index is -1.07. The third-order valence-electron chi connectivity index (χ3n) is 6.00. The lowest BCUT2D eigenvalue weighted by atomic mass is 9.92. The molecule has 1 saturated heterocycles. The van der Waals surface area contributed by atoms with Crippen molar-refractivity contribution in [1.29, 1.82) is 0 Å². The number of carbonyl (C=O) groups excluding carboxylic acids is 3. The Morgan fingerprint density at radius 2 is 1.97 bits per heavy atom. The lowest BCUT2D eigenvalue weighted by Gasteiger charge is -2.22. The number of hydrogen-bond donors (Lipinski definition) is 2. The molecule has 4 rings (SSSR count). The number of rotatable bonds is 6. The molecule has 1 aliphatic carbocycles. The number of benzene rings is 2. The molecule has 4 amide bonds. The number of fused-ring (bicyclic) bond motifs is 2. The Labute approximate surface area is 180 Å². The molecule has 1 heterocycles. The van der Waals surface area contributed by atoms with Crippen molar-refractivity contribution in [3.05, 3.63) is 59.2 Å². The Morgan fingerprint density at radius 3 is 2.71 bits per heavy atom. The molecule has 0 radical (unpaired) electrons. The Balaban J connectivity index is 1.49. The van der Waals surface area contributed by atoms with Gasteiger partial charge in [-0.15, -0.1) is 0 Å². The summed E-state index contributed by atoms with van der Waals surface area (Å²) < 4.78 is 10.6. The van der Waals surface area contributed by atoms with Crippen LogP contribution in [0.1, 0.15) is 36.1 Å². The fourth-order valence-corrected chi connectivity index (χ4v) is 4.42. The van der Waals surface area contributed by atoms with E-state index >= 15 is 0 Å². The van der Waals surface area contributed by atoms with E-state index in [1.807, 2.05) is 24.3 Å². The number of urea groups is 1. The van der Waals surface area contributed by atoms with Gasteiger partial charge >= 0.3 is 6.03 Å². The summed E-state index contributed by atoms with van der Waals surface area (Å²) in [6.45, 7) is 1.45. The van der Waals surface area contributed by atoms with Crippen molar-refractivity contribution in [2.45, 2.75) is 31.3 Å². The van der Waals surface area contributed by atoms with Crippen molar-refractivity contribution in [3.8, 4) is 11.5 Å². The summed E-state index contributed by atoms with van der Waals surface area (Å²) in [7, 11) is 3.11. The van der Waals surface area contributed by atoms with Crippen LogP contribution in [0.15, 0.2) is 42.5 Å². The number of nitrogens with one attached hydrogen (secondary N) is 2. The Hall–Kier alpha value is -3.55. The maximum atomic E-state index is 13.2. The summed E-state index contributed by atoms with van der Waals surface area (Å²) in [6, 6.07) is 11.9. The molecule has 2 atom stereocenters. The summed E-state index contributed by atoms with van der Waals surface area (Å²) in [4.78, 5) is 39.5. The minimum absolute atomic E-state index is 0.356. The average Bonchev–Trinajstić information content (AvgIpc) is 3.26. The second-order valence-electron chi connectivity index (χ2n) is 7.78. The Morgan fingerprint density at radius 1 is 1.19 bits per heavy atom.